The Morgan fingerprint density at radius 3 is 2.96 bits per heavy atom. The lowest BCUT2D eigenvalue weighted by Crippen LogP contribution is -2.46. The van der Waals surface area contributed by atoms with Crippen molar-refractivity contribution in [1.29, 1.82) is 0 Å². The highest BCUT2D eigenvalue weighted by molar-refractivity contribution is 7.15. The fourth-order valence-electron chi connectivity index (χ4n) is 2.27. The van der Waals surface area contributed by atoms with E-state index in [1.54, 1.807) is 0 Å². The zero-order chi connectivity index (χ0) is 16.2. The van der Waals surface area contributed by atoms with E-state index in [9.17, 15) is 4.79 Å². The van der Waals surface area contributed by atoms with Gasteiger partial charge in [0, 0.05) is 24.5 Å². The molecule has 1 amide bonds. The number of likely N-dealkylation sites (N-methyl/N-ethyl adjacent to an activating group) is 1. The molecule has 1 fully saturated rings. The highest BCUT2D eigenvalue weighted by atomic mass is 35.5. The van der Waals surface area contributed by atoms with E-state index in [-0.39, 0.29) is 5.91 Å². The fourth-order valence-corrected chi connectivity index (χ4v) is 3.18. The summed E-state index contributed by atoms with van der Waals surface area (Å²) in [6.45, 7) is 1.99. The molecule has 1 aliphatic heterocycles. The van der Waals surface area contributed by atoms with Gasteiger partial charge < -0.3 is 9.64 Å². The van der Waals surface area contributed by atoms with Crippen LogP contribution in [0.4, 0.5) is 5.13 Å². The van der Waals surface area contributed by atoms with Crippen LogP contribution in [-0.4, -0.2) is 53.9 Å². The van der Waals surface area contributed by atoms with Gasteiger partial charge in [0.05, 0.1) is 6.61 Å². The highest BCUT2D eigenvalue weighted by Crippen LogP contribution is 2.20. The summed E-state index contributed by atoms with van der Waals surface area (Å²) in [5.74, 6) is -0.175. The molecule has 1 aromatic heterocycles. The molecule has 1 atom stereocenters. The van der Waals surface area contributed by atoms with E-state index in [0.29, 0.717) is 29.7 Å². The molecule has 2 heterocycles. The molecule has 0 saturated carbocycles. The summed E-state index contributed by atoms with van der Waals surface area (Å²) in [7, 11) is 1.97. The molecule has 23 heavy (non-hydrogen) atoms. The molecule has 2 aromatic rings. The number of carbonyl (C=O) groups is 1. The van der Waals surface area contributed by atoms with Crippen LogP contribution >= 0.6 is 22.9 Å². The summed E-state index contributed by atoms with van der Waals surface area (Å²) >= 11 is 7.24. The number of amides is 1. The van der Waals surface area contributed by atoms with E-state index in [1.807, 2.05) is 31.3 Å². The molecule has 0 spiro atoms. The standard InChI is InChI=1S/C15H17ClN4O2S/c1-20-6-7-22-12(9-20)14(21)17-15-19-18-13(23-15)8-10-2-4-11(16)5-3-10/h2-5,12H,6-9H2,1H3,(H,17,19,21). The van der Waals surface area contributed by atoms with Gasteiger partial charge in [-0.05, 0) is 24.7 Å². The van der Waals surface area contributed by atoms with Gasteiger partial charge in [-0.2, -0.15) is 0 Å². The summed E-state index contributed by atoms with van der Waals surface area (Å²) in [5, 5.41) is 13.0. The molecule has 6 nitrogen and oxygen atoms in total. The summed E-state index contributed by atoms with van der Waals surface area (Å²) in [6, 6.07) is 7.59. The molecule has 1 saturated heterocycles. The molecular weight excluding hydrogens is 336 g/mol. The fraction of sp³-hybridized carbons (Fsp3) is 0.400. The van der Waals surface area contributed by atoms with Crippen molar-refractivity contribution < 1.29 is 9.53 Å². The Kier molecular flexibility index (Phi) is 5.22. The lowest BCUT2D eigenvalue weighted by molar-refractivity contribution is -0.132. The smallest absolute Gasteiger partial charge is 0.256 e. The maximum atomic E-state index is 12.2. The van der Waals surface area contributed by atoms with Crippen LogP contribution in [0.1, 0.15) is 10.6 Å². The first-order chi connectivity index (χ1) is 11.1. The third-order valence-corrected chi connectivity index (χ3v) is 4.62. The van der Waals surface area contributed by atoms with E-state index in [1.165, 1.54) is 11.3 Å². The van der Waals surface area contributed by atoms with E-state index in [0.717, 1.165) is 17.1 Å². The SMILES string of the molecule is CN1CCOC(C(=O)Nc2nnc(Cc3ccc(Cl)cc3)s2)C1. The predicted molar refractivity (Wildman–Crippen MR) is 90.0 cm³/mol. The number of morpholine rings is 1. The van der Waals surface area contributed by atoms with Crippen molar-refractivity contribution in [3.8, 4) is 0 Å². The molecule has 0 aliphatic carbocycles. The Hall–Kier alpha value is -1.54. The largest absolute Gasteiger partial charge is 0.366 e. The van der Waals surface area contributed by atoms with Crippen molar-refractivity contribution in [3.05, 3.63) is 39.9 Å². The number of hydrogen-bond acceptors (Lipinski definition) is 6. The van der Waals surface area contributed by atoms with Gasteiger partial charge in [0.15, 0.2) is 0 Å². The van der Waals surface area contributed by atoms with Crippen LogP contribution in [0.3, 0.4) is 0 Å². The van der Waals surface area contributed by atoms with Crippen LogP contribution in [0.15, 0.2) is 24.3 Å². The number of benzene rings is 1. The number of halogens is 1. The van der Waals surface area contributed by atoms with Crippen LogP contribution in [0.25, 0.3) is 0 Å². The van der Waals surface area contributed by atoms with Crippen LogP contribution in [-0.2, 0) is 16.0 Å². The quantitative estimate of drug-likeness (QED) is 0.912. The number of rotatable bonds is 4. The van der Waals surface area contributed by atoms with Crippen molar-refractivity contribution >= 4 is 34.0 Å². The van der Waals surface area contributed by atoms with Crippen molar-refractivity contribution in [1.82, 2.24) is 15.1 Å². The number of ether oxygens (including phenoxy) is 1. The van der Waals surface area contributed by atoms with Crippen molar-refractivity contribution in [2.75, 3.05) is 32.1 Å². The first kappa shape index (κ1) is 16.3. The lowest BCUT2D eigenvalue weighted by Gasteiger charge is -2.28. The minimum Gasteiger partial charge on any atom is -0.366 e. The Bertz CT molecular complexity index is 676. The van der Waals surface area contributed by atoms with Gasteiger partial charge in [-0.25, -0.2) is 0 Å². The van der Waals surface area contributed by atoms with Crippen molar-refractivity contribution in [2.45, 2.75) is 12.5 Å². The van der Waals surface area contributed by atoms with Gasteiger partial charge in [-0.15, -0.1) is 10.2 Å². The van der Waals surface area contributed by atoms with E-state index in [4.69, 9.17) is 16.3 Å². The van der Waals surface area contributed by atoms with Gasteiger partial charge in [0.25, 0.3) is 5.91 Å². The van der Waals surface area contributed by atoms with E-state index < -0.39 is 6.10 Å². The van der Waals surface area contributed by atoms with Crippen LogP contribution < -0.4 is 5.32 Å². The molecule has 0 bridgehead atoms. The second-order valence-electron chi connectivity index (χ2n) is 5.42. The number of aromatic nitrogens is 2. The average Bonchev–Trinajstić information content (AvgIpc) is 2.96. The van der Waals surface area contributed by atoms with E-state index >= 15 is 0 Å². The number of anilines is 1. The topological polar surface area (TPSA) is 67.3 Å². The molecule has 122 valence electrons. The van der Waals surface area contributed by atoms with Gasteiger partial charge >= 0.3 is 0 Å². The molecule has 8 heteroatoms. The van der Waals surface area contributed by atoms with Gasteiger partial charge in [0.2, 0.25) is 5.13 Å². The normalized spacial score (nSPS) is 18.8. The third-order valence-electron chi connectivity index (χ3n) is 3.53. The van der Waals surface area contributed by atoms with Crippen molar-refractivity contribution in [3.63, 3.8) is 0 Å². The molecule has 3 rings (SSSR count). The van der Waals surface area contributed by atoms with Gasteiger partial charge in [-0.1, -0.05) is 35.1 Å². The minimum atomic E-state index is -0.461. The van der Waals surface area contributed by atoms with E-state index in [2.05, 4.69) is 20.4 Å². The Labute approximate surface area is 143 Å². The van der Waals surface area contributed by atoms with Crippen LogP contribution in [0.5, 0.6) is 0 Å². The summed E-state index contributed by atoms with van der Waals surface area (Å²) in [5.41, 5.74) is 1.10. The number of hydrogen-bond donors (Lipinski definition) is 1. The Balaban J connectivity index is 1.58. The van der Waals surface area contributed by atoms with Crippen molar-refractivity contribution in [2.24, 2.45) is 0 Å². The molecule has 1 aliphatic rings. The zero-order valence-corrected chi connectivity index (χ0v) is 14.2. The first-order valence-electron chi connectivity index (χ1n) is 7.28. The summed E-state index contributed by atoms with van der Waals surface area (Å²) in [6.07, 6.45) is 0.199. The summed E-state index contributed by atoms with van der Waals surface area (Å²) in [4.78, 5) is 14.2. The van der Waals surface area contributed by atoms with Crippen LogP contribution in [0.2, 0.25) is 5.02 Å². The zero-order valence-electron chi connectivity index (χ0n) is 12.7. The van der Waals surface area contributed by atoms with Crippen LogP contribution in [0, 0.1) is 0 Å². The maximum absolute atomic E-state index is 12.2. The predicted octanol–water partition coefficient (Wildman–Crippen LogP) is 2.05. The molecule has 1 unspecified atom stereocenters. The molecule has 1 aromatic carbocycles. The number of nitrogens with zero attached hydrogens (tertiary/aromatic N) is 3. The third kappa shape index (κ3) is 4.48. The number of carbonyl (C=O) groups excluding carboxylic acids is 1. The lowest BCUT2D eigenvalue weighted by atomic mass is 10.2. The summed E-state index contributed by atoms with van der Waals surface area (Å²) < 4.78 is 5.49. The number of nitrogens with one attached hydrogen (secondary N) is 1. The highest BCUT2D eigenvalue weighted by Gasteiger charge is 2.25. The second-order valence-corrected chi connectivity index (χ2v) is 6.91. The minimum absolute atomic E-state index is 0.175. The first-order valence-corrected chi connectivity index (χ1v) is 8.47. The Morgan fingerprint density at radius 2 is 2.22 bits per heavy atom. The van der Waals surface area contributed by atoms with Gasteiger partial charge in [-0.3, -0.25) is 10.1 Å². The average molecular weight is 353 g/mol. The van der Waals surface area contributed by atoms with Gasteiger partial charge in [0.1, 0.15) is 11.1 Å². The maximum Gasteiger partial charge on any atom is 0.256 e. The second kappa shape index (κ2) is 7.35. The molecule has 1 N–H and O–H groups in total. The monoisotopic (exact) mass is 352 g/mol. The Morgan fingerprint density at radius 1 is 1.43 bits per heavy atom. The molecular formula is C15H17ClN4O2S. The molecule has 0 radical (unpaired) electrons.